The second kappa shape index (κ2) is 11.0. The van der Waals surface area contributed by atoms with Crippen molar-refractivity contribution in [3.63, 3.8) is 0 Å². The van der Waals surface area contributed by atoms with E-state index in [-0.39, 0.29) is 16.9 Å². The van der Waals surface area contributed by atoms with Crippen LogP contribution in [0.25, 0.3) is 0 Å². The number of benzene rings is 1. The topological polar surface area (TPSA) is 64.7 Å². The fourth-order valence-corrected chi connectivity index (χ4v) is 3.24. The molecular weight excluding hydrogens is 360 g/mol. The highest BCUT2D eigenvalue weighted by Crippen LogP contribution is 2.18. The second-order valence-electron chi connectivity index (χ2n) is 6.95. The van der Waals surface area contributed by atoms with Gasteiger partial charge in [0.15, 0.2) is 5.11 Å². The van der Waals surface area contributed by atoms with Gasteiger partial charge in [-0.15, -0.1) is 0 Å². The first-order valence-electron chi connectivity index (χ1n) is 9.69. The van der Waals surface area contributed by atoms with Crippen LogP contribution in [-0.4, -0.2) is 60.0 Å². The number of piperazine rings is 1. The van der Waals surface area contributed by atoms with E-state index in [1.54, 1.807) is 6.07 Å². The summed E-state index contributed by atoms with van der Waals surface area (Å²) in [5.41, 5.74) is 1.19. The standard InChI is InChI=1S/C20H30N4O2S/c1-3-4-5-6-11-18(25)22-20(27)21-17-10-8-7-9-16(17)19(26)24-14-12-23(2)13-15-24/h7-10H,3-6,11-15H2,1-2H3,(H2,21,22,25,27). The summed E-state index contributed by atoms with van der Waals surface area (Å²) in [5.74, 6) is -0.105. The average Bonchev–Trinajstić information content (AvgIpc) is 2.65. The van der Waals surface area contributed by atoms with Gasteiger partial charge in [0.25, 0.3) is 5.91 Å². The van der Waals surface area contributed by atoms with Gasteiger partial charge in [0.05, 0.1) is 11.3 Å². The van der Waals surface area contributed by atoms with Crippen LogP contribution in [0.1, 0.15) is 49.4 Å². The maximum Gasteiger partial charge on any atom is 0.256 e. The van der Waals surface area contributed by atoms with Gasteiger partial charge in [0.1, 0.15) is 0 Å². The van der Waals surface area contributed by atoms with Gasteiger partial charge in [-0.05, 0) is 37.8 Å². The second-order valence-corrected chi connectivity index (χ2v) is 7.36. The summed E-state index contributed by atoms with van der Waals surface area (Å²) in [6.45, 7) is 5.30. The van der Waals surface area contributed by atoms with E-state index in [1.807, 2.05) is 23.1 Å². The van der Waals surface area contributed by atoms with Crippen molar-refractivity contribution in [2.24, 2.45) is 0 Å². The summed E-state index contributed by atoms with van der Waals surface area (Å²) in [4.78, 5) is 28.9. The predicted octanol–water partition coefficient (Wildman–Crippen LogP) is 2.86. The van der Waals surface area contributed by atoms with Crippen LogP contribution in [0.3, 0.4) is 0 Å². The molecular formula is C20H30N4O2S. The molecule has 0 bridgehead atoms. The van der Waals surface area contributed by atoms with Gasteiger partial charge in [0, 0.05) is 32.6 Å². The van der Waals surface area contributed by atoms with Crippen LogP contribution in [-0.2, 0) is 4.79 Å². The molecule has 0 radical (unpaired) electrons. The minimum Gasteiger partial charge on any atom is -0.336 e. The van der Waals surface area contributed by atoms with Crippen molar-refractivity contribution in [3.8, 4) is 0 Å². The molecule has 0 aromatic heterocycles. The highest BCUT2D eigenvalue weighted by atomic mass is 32.1. The molecule has 0 aliphatic carbocycles. The average molecular weight is 391 g/mol. The lowest BCUT2D eigenvalue weighted by Crippen LogP contribution is -2.47. The number of unbranched alkanes of at least 4 members (excludes halogenated alkanes) is 3. The summed E-state index contributed by atoms with van der Waals surface area (Å²) in [5, 5.41) is 5.95. The number of likely N-dealkylation sites (N-methyl/N-ethyl adjacent to an activating group) is 1. The number of hydrogen-bond donors (Lipinski definition) is 2. The first-order chi connectivity index (χ1) is 13.0. The largest absolute Gasteiger partial charge is 0.336 e. The van der Waals surface area contributed by atoms with Crippen LogP contribution >= 0.6 is 12.2 Å². The molecule has 0 saturated carbocycles. The maximum atomic E-state index is 12.9. The minimum absolute atomic E-state index is 0.0140. The molecule has 0 spiro atoms. The number of thiocarbonyl (C=S) groups is 1. The number of hydrogen-bond acceptors (Lipinski definition) is 4. The first kappa shape index (κ1) is 21.3. The normalized spacial score (nSPS) is 14.7. The fraction of sp³-hybridized carbons (Fsp3) is 0.550. The van der Waals surface area contributed by atoms with E-state index in [1.165, 1.54) is 0 Å². The molecule has 0 atom stereocenters. The Labute approximate surface area is 167 Å². The molecule has 1 aromatic carbocycles. The summed E-state index contributed by atoms with van der Waals surface area (Å²) >= 11 is 5.26. The Morgan fingerprint density at radius 1 is 1.07 bits per heavy atom. The number of carbonyl (C=O) groups is 2. The van der Waals surface area contributed by atoms with Crippen LogP contribution < -0.4 is 10.6 Å². The molecule has 1 heterocycles. The number of anilines is 1. The van der Waals surface area contributed by atoms with Gasteiger partial charge in [-0.1, -0.05) is 38.3 Å². The third kappa shape index (κ3) is 6.92. The molecule has 1 saturated heterocycles. The van der Waals surface area contributed by atoms with E-state index < -0.39 is 0 Å². The van der Waals surface area contributed by atoms with E-state index in [4.69, 9.17) is 12.2 Å². The molecule has 148 valence electrons. The van der Waals surface area contributed by atoms with Gasteiger partial charge in [0.2, 0.25) is 5.91 Å². The Morgan fingerprint density at radius 3 is 2.48 bits per heavy atom. The zero-order chi connectivity index (χ0) is 19.6. The zero-order valence-corrected chi connectivity index (χ0v) is 17.1. The maximum absolute atomic E-state index is 12.9. The van der Waals surface area contributed by atoms with Gasteiger partial charge in [-0.2, -0.15) is 0 Å². The van der Waals surface area contributed by atoms with E-state index >= 15 is 0 Å². The van der Waals surface area contributed by atoms with Crippen molar-refractivity contribution in [3.05, 3.63) is 29.8 Å². The fourth-order valence-electron chi connectivity index (χ4n) is 3.01. The number of amides is 2. The molecule has 7 heteroatoms. The van der Waals surface area contributed by atoms with Crippen LogP contribution in [0.15, 0.2) is 24.3 Å². The number of rotatable bonds is 7. The van der Waals surface area contributed by atoms with Crippen molar-refractivity contribution >= 4 is 34.8 Å². The van der Waals surface area contributed by atoms with Crippen LogP contribution in [0, 0.1) is 0 Å². The predicted molar refractivity (Wildman–Crippen MR) is 113 cm³/mol. The van der Waals surface area contributed by atoms with E-state index in [2.05, 4.69) is 29.5 Å². The Kier molecular flexibility index (Phi) is 8.67. The van der Waals surface area contributed by atoms with E-state index in [0.717, 1.165) is 38.8 Å². The summed E-state index contributed by atoms with van der Waals surface area (Å²) < 4.78 is 0. The highest BCUT2D eigenvalue weighted by Gasteiger charge is 2.22. The third-order valence-corrected chi connectivity index (χ3v) is 4.91. The molecule has 6 nitrogen and oxygen atoms in total. The van der Waals surface area contributed by atoms with E-state index in [9.17, 15) is 9.59 Å². The zero-order valence-electron chi connectivity index (χ0n) is 16.3. The van der Waals surface area contributed by atoms with Crippen molar-refractivity contribution in [1.29, 1.82) is 0 Å². The summed E-state index contributed by atoms with van der Waals surface area (Å²) in [6, 6.07) is 7.28. The van der Waals surface area contributed by atoms with Crippen molar-refractivity contribution in [2.45, 2.75) is 39.0 Å². The van der Waals surface area contributed by atoms with Gasteiger partial charge >= 0.3 is 0 Å². The molecule has 1 aromatic rings. The minimum atomic E-state index is -0.0912. The van der Waals surface area contributed by atoms with Crippen molar-refractivity contribution in [2.75, 3.05) is 38.5 Å². The molecule has 1 aliphatic heterocycles. The Hall–Kier alpha value is -1.99. The van der Waals surface area contributed by atoms with Crippen LogP contribution in [0.4, 0.5) is 5.69 Å². The Balaban J connectivity index is 1.92. The first-order valence-corrected chi connectivity index (χ1v) is 10.1. The molecule has 2 N–H and O–H groups in total. The summed E-state index contributed by atoms with van der Waals surface area (Å²) in [6.07, 6.45) is 4.65. The molecule has 1 fully saturated rings. The molecule has 27 heavy (non-hydrogen) atoms. The molecule has 2 amide bonds. The van der Waals surface area contributed by atoms with Gasteiger partial charge < -0.3 is 20.4 Å². The molecule has 0 unspecified atom stereocenters. The van der Waals surface area contributed by atoms with Crippen LogP contribution in [0.5, 0.6) is 0 Å². The molecule has 2 rings (SSSR count). The van der Waals surface area contributed by atoms with E-state index in [0.29, 0.717) is 30.8 Å². The Bertz CT molecular complexity index is 657. The quantitative estimate of drug-likeness (QED) is 0.554. The number of carbonyl (C=O) groups excluding carboxylic acids is 2. The highest BCUT2D eigenvalue weighted by molar-refractivity contribution is 7.80. The lowest BCUT2D eigenvalue weighted by atomic mass is 10.1. The van der Waals surface area contributed by atoms with Crippen LogP contribution in [0.2, 0.25) is 0 Å². The SMILES string of the molecule is CCCCCCC(=O)NC(=S)Nc1ccccc1C(=O)N1CCN(C)CC1. The van der Waals surface area contributed by atoms with Gasteiger partial charge in [-0.3, -0.25) is 9.59 Å². The van der Waals surface area contributed by atoms with Crippen molar-refractivity contribution in [1.82, 2.24) is 15.1 Å². The number of para-hydroxylation sites is 1. The van der Waals surface area contributed by atoms with Crippen molar-refractivity contribution < 1.29 is 9.59 Å². The summed E-state index contributed by atoms with van der Waals surface area (Å²) in [7, 11) is 2.06. The number of nitrogens with zero attached hydrogens (tertiary/aromatic N) is 2. The van der Waals surface area contributed by atoms with Gasteiger partial charge in [-0.25, -0.2) is 0 Å². The Morgan fingerprint density at radius 2 is 1.78 bits per heavy atom. The smallest absolute Gasteiger partial charge is 0.256 e. The lowest BCUT2D eigenvalue weighted by Gasteiger charge is -2.32. The molecule has 1 aliphatic rings. The number of nitrogens with one attached hydrogen (secondary N) is 2. The third-order valence-electron chi connectivity index (χ3n) is 4.71. The monoisotopic (exact) mass is 390 g/mol. The lowest BCUT2D eigenvalue weighted by molar-refractivity contribution is -0.119.